The molecule has 26 heavy (non-hydrogen) atoms. The van der Waals surface area contributed by atoms with Crippen LogP contribution < -0.4 is 14.8 Å². The van der Waals surface area contributed by atoms with Gasteiger partial charge >= 0.3 is 0 Å². The Labute approximate surface area is 150 Å². The van der Waals surface area contributed by atoms with Crippen molar-refractivity contribution in [3.8, 4) is 5.75 Å². The number of benzene rings is 1. The molecule has 9 nitrogen and oxygen atoms in total. The maximum absolute atomic E-state index is 12.5. The molecule has 0 fully saturated rings. The second-order valence-corrected chi connectivity index (χ2v) is 7.12. The molecule has 0 amide bonds. The van der Waals surface area contributed by atoms with Crippen molar-refractivity contribution in [2.75, 3.05) is 17.1 Å². The molecule has 0 aliphatic rings. The summed E-state index contributed by atoms with van der Waals surface area (Å²) in [5.74, 6) is 1.22. The van der Waals surface area contributed by atoms with Crippen LogP contribution in [0.4, 0.5) is 17.3 Å². The molecule has 10 heteroatoms. The summed E-state index contributed by atoms with van der Waals surface area (Å²) in [7, 11) is -2.23. The van der Waals surface area contributed by atoms with Crippen molar-refractivity contribution in [2.24, 2.45) is 0 Å². The maximum atomic E-state index is 12.5. The van der Waals surface area contributed by atoms with Gasteiger partial charge in [0.05, 0.1) is 24.2 Å². The smallest absolute Gasteiger partial charge is 0.266 e. The zero-order valence-electron chi connectivity index (χ0n) is 14.4. The Morgan fingerprint density at radius 2 is 1.73 bits per heavy atom. The van der Waals surface area contributed by atoms with Gasteiger partial charge in [-0.3, -0.25) is 9.82 Å². The van der Waals surface area contributed by atoms with Gasteiger partial charge in [-0.05, 0) is 38.1 Å². The molecule has 136 valence electrons. The van der Waals surface area contributed by atoms with Gasteiger partial charge in [0, 0.05) is 0 Å². The number of H-pyrrole nitrogens is 1. The summed E-state index contributed by atoms with van der Waals surface area (Å²) < 4.78 is 32.6. The summed E-state index contributed by atoms with van der Waals surface area (Å²) >= 11 is 0. The summed E-state index contributed by atoms with van der Waals surface area (Å²) in [5, 5.41) is 17.5. The first-order valence-corrected chi connectivity index (χ1v) is 9.17. The van der Waals surface area contributed by atoms with Crippen molar-refractivity contribution in [2.45, 2.75) is 18.7 Å². The van der Waals surface area contributed by atoms with E-state index >= 15 is 0 Å². The third-order valence-corrected chi connectivity index (χ3v) is 5.22. The van der Waals surface area contributed by atoms with E-state index < -0.39 is 10.0 Å². The second-order valence-electron chi connectivity index (χ2n) is 5.50. The molecular formula is C16H18N6O3S. The average molecular weight is 374 g/mol. The summed E-state index contributed by atoms with van der Waals surface area (Å²) in [6.07, 6.45) is 0. The molecule has 0 atom stereocenters. The van der Waals surface area contributed by atoms with Crippen molar-refractivity contribution in [1.29, 1.82) is 0 Å². The van der Waals surface area contributed by atoms with Crippen molar-refractivity contribution in [1.82, 2.24) is 20.4 Å². The molecule has 3 rings (SSSR count). The Kier molecular flexibility index (Phi) is 4.76. The van der Waals surface area contributed by atoms with Crippen LogP contribution in [0.25, 0.3) is 0 Å². The van der Waals surface area contributed by atoms with Crippen molar-refractivity contribution in [3.63, 3.8) is 0 Å². The Hall–Kier alpha value is -3.14. The van der Waals surface area contributed by atoms with E-state index in [4.69, 9.17) is 4.74 Å². The number of aryl methyl sites for hydroxylation is 2. The molecule has 0 saturated carbocycles. The third-order valence-electron chi connectivity index (χ3n) is 3.60. The van der Waals surface area contributed by atoms with Gasteiger partial charge in [0.1, 0.15) is 10.6 Å². The van der Waals surface area contributed by atoms with Crippen LogP contribution in [0.2, 0.25) is 0 Å². The Morgan fingerprint density at radius 3 is 2.35 bits per heavy atom. The number of anilines is 3. The van der Waals surface area contributed by atoms with Crippen LogP contribution in [-0.4, -0.2) is 35.9 Å². The first-order valence-electron chi connectivity index (χ1n) is 7.69. The van der Waals surface area contributed by atoms with E-state index in [-0.39, 0.29) is 10.7 Å². The number of ether oxygens (including phenoxy) is 1. The highest BCUT2D eigenvalue weighted by Gasteiger charge is 2.22. The van der Waals surface area contributed by atoms with Crippen LogP contribution in [0, 0.1) is 13.8 Å². The van der Waals surface area contributed by atoms with Gasteiger partial charge in [0.15, 0.2) is 11.6 Å². The topological polar surface area (TPSA) is 122 Å². The zero-order valence-corrected chi connectivity index (χ0v) is 15.3. The number of nitrogens with one attached hydrogen (secondary N) is 3. The van der Waals surface area contributed by atoms with Crippen molar-refractivity contribution in [3.05, 3.63) is 47.8 Å². The van der Waals surface area contributed by atoms with Crippen molar-refractivity contribution >= 4 is 27.3 Å². The van der Waals surface area contributed by atoms with Crippen LogP contribution in [0.15, 0.2) is 41.3 Å². The molecule has 0 aliphatic heterocycles. The van der Waals surface area contributed by atoms with Crippen LogP contribution in [0.5, 0.6) is 5.75 Å². The number of methoxy groups -OCH3 is 1. The number of nitrogens with zero attached hydrogens (tertiary/aromatic N) is 3. The number of sulfonamides is 1. The minimum absolute atomic E-state index is 0.107. The second kappa shape index (κ2) is 7.00. The quantitative estimate of drug-likeness (QED) is 0.605. The highest BCUT2D eigenvalue weighted by Crippen LogP contribution is 2.26. The summed E-state index contributed by atoms with van der Waals surface area (Å²) in [5.41, 5.74) is 1.57. The molecule has 0 spiro atoms. The largest absolute Gasteiger partial charge is 0.495 e. The van der Waals surface area contributed by atoms with E-state index in [1.54, 1.807) is 27.0 Å². The summed E-state index contributed by atoms with van der Waals surface area (Å²) in [6, 6.07) is 10.5. The third kappa shape index (κ3) is 3.59. The fourth-order valence-corrected chi connectivity index (χ4v) is 3.83. The predicted octanol–water partition coefficient (Wildman–Crippen LogP) is 2.37. The first-order chi connectivity index (χ1) is 12.4. The number of hydrogen-bond donors (Lipinski definition) is 3. The van der Waals surface area contributed by atoms with E-state index in [0.29, 0.717) is 23.0 Å². The fraction of sp³-hybridized carbons (Fsp3) is 0.188. The number of para-hydroxylation sites is 2. The van der Waals surface area contributed by atoms with E-state index in [9.17, 15) is 8.42 Å². The molecule has 0 radical (unpaired) electrons. The van der Waals surface area contributed by atoms with E-state index in [0.717, 1.165) is 5.69 Å². The van der Waals surface area contributed by atoms with Gasteiger partial charge in [-0.25, -0.2) is 8.42 Å². The molecular weight excluding hydrogens is 356 g/mol. The van der Waals surface area contributed by atoms with Gasteiger partial charge in [-0.2, -0.15) is 5.10 Å². The summed E-state index contributed by atoms with van der Waals surface area (Å²) in [6.45, 7) is 3.25. The maximum Gasteiger partial charge on any atom is 0.266 e. The van der Waals surface area contributed by atoms with E-state index in [1.807, 2.05) is 24.3 Å². The van der Waals surface area contributed by atoms with Gasteiger partial charge in [-0.15, -0.1) is 10.2 Å². The van der Waals surface area contributed by atoms with E-state index in [2.05, 4.69) is 30.4 Å². The standard InChI is InChI=1S/C16H18N6O3S/c1-10-16(11(2)19-18-10)26(23,24)22-15-9-8-14(20-21-15)17-12-6-4-5-7-13(12)25-3/h4-9H,1-3H3,(H,17,20)(H,18,19)(H,21,22). The number of aromatic amines is 1. The van der Waals surface area contributed by atoms with Gasteiger partial charge in [0.25, 0.3) is 10.0 Å². The van der Waals surface area contributed by atoms with Crippen LogP contribution in [-0.2, 0) is 10.0 Å². The minimum atomic E-state index is -3.80. The predicted molar refractivity (Wildman–Crippen MR) is 97.2 cm³/mol. The Bertz CT molecular complexity index is 995. The Balaban J connectivity index is 1.78. The molecule has 1 aromatic carbocycles. The van der Waals surface area contributed by atoms with Gasteiger partial charge < -0.3 is 10.1 Å². The highest BCUT2D eigenvalue weighted by atomic mass is 32.2. The van der Waals surface area contributed by atoms with Crippen molar-refractivity contribution < 1.29 is 13.2 Å². The van der Waals surface area contributed by atoms with Crippen LogP contribution >= 0.6 is 0 Å². The van der Waals surface area contributed by atoms with Gasteiger partial charge in [0.2, 0.25) is 0 Å². The normalized spacial score (nSPS) is 11.2. The van der Waals surface area contributed by atoms with Crippen LogP contribution in [0.1, 0.15) is 11.4 Å². The molecule has 0 saturated heterocycles. The average Bonchev–Trinajstić information content (AvgIpc) is 2.96. The number of aromatic nitrogens is 4. The molecule has 0 bridgehead atoms. The molecule has 3 aromatic rings. The first kappa shape index (κ1) is 17.7. The molecule has 2 aromatic heterocycles. The Morgan fingerprint density at radius 1 is 1.04 bits per heavy atom. The SMILES string of the molecule is COc1ccccc1Nc1ccc(NS(=O)(=O)c2c(C)n[nH]c2C)nn1. The molecule has 0 aliphatic carbocycles. The number of rotatable bonds is 6. The molecule has 0 unspecified atom stereocenters. The number of hydrogen-bond acceptors (Lipinski definition) is 7. The summed E-state index contributed by atoms with van der Waals surface area (Å²) in [4.78, 5) is 0.107. The zero-order chi connectivity index (χ0) is 18.7. The molecule has 3 N–H and O–H groups in total. The molecule has 2 heterocycles. The van der Waals surface area contributed by atoms with E-state index in [1.165, 1.54) is 6.07 Å². The minimum Gasteiger partial charge on any atom is -0.495 e. The fourth-order valence-electron chi connectivity index (χ4n) is 2.46. The van der Waals surface area contributed by atoms with Gasteiger partial charge in [-0.1, -0.05) is 12.1 Å². The lowest BCUT2D eigenvalue weighted by atomic mass is 10.3. The lowest BCUT2D eigenvalue weighted by Crippen LogP contribution is -2.16. The van der Waals surface area contributed by atoms with Crippen LogP contribution in [0.3, 0.4) is 0 Å². The highest BCUT2D eigenvalue weighted by molar-refractivity contribution is 7.92. The lowest BCUT2D eigenvalue weighted by molar-refractivity contribution is 0.417. The monoisotopic (exact) mass is 374 g/mol. The lowest BCUT2D eigenvalue weighted by Gasteiger charge is -2.10.